The first-order chi connectivity index (χ1) is 8.72. The molecule has 0 aromatic heterocycles. The van der Waals surface area contributed by atoms with Crippen LogP contribution in [-0.2, 0) is 11.2 Å². The van der Waals surface area contributed by atoms with Gasteiger partial charge in [-0.05, 0) is 18.1 Å². The first-order valence-electron chi connectivity index (χ1n) is 6.81. The number of para-hydroxylation sites is 1. The van der Waals surface area contributed by atoms with Crippen molar-refractivity contribution in [3.05, 3.63) is 29.8 Å². The topological polar surface area (TPSA) is 32.3 Å². The molecule has 0 aliphatic carbocycles. The van der Waals surface area contributed by atoms with E-state index in [0.29, 0.717) is 0 Å². The van der Waals surface area contributed by atoms with E-state index >= 15 is 0 Å². The van der Waals surface area contributed by atoms with Gasteiger partial charge in [0, 0.05) is 25.7 Å². The van der Waals surface area contributed by atoms with Crippen molar-refractivity contribution in [1.29, 1.82) is 0 Å². The van der Waals surface area contributed by atoms with Gasteiger partial charge in [-0.3, -0.25) is 4.79 Å². The molecule has 0 fully saturated rings. The molecule has 1 aromatic carbocycles. The van der Waals surface area contributed by atoms with Crippen molar-refractivity contribution in [2.75, 3.05) is 18.9 Å². The number of nitrogens with one attached hydrogen (secondary N) is 1. The summed E-state index contributed by atoms with van der Waals surface area (Å²) in [5.74, 6) is 0.210. The zero-order valence-corrected chi connectivity index (χ0v) is 11.3. The Labute approximate surface area is 109 Å². The van der Waals surface area contributed by atoms with Gasteiger partial charge in [0.15, 0.2) is 0 Å². The molecular formula is C15H22N2O. The average molecular weight is 246 g/mol. The zero-order chi connectivity index (χ0) is 13.0. The van der Waals surface area contributed by atoms with E-state index < -0.39 is 0 Å². The summed E-state index contributed by atoms with van der Waals surface area (Å²) in [4.78, 5) is 14.1. The Morgan fingerprint density at radius 2 is 2.17 bits per heavy atom. The molecular weight excluding hydrogens is 224 g/mol. The molecule has 0 saturated heterocycles. The number of amides is 1. The van der Waals surface area contributed by atoms with E-state index in [1.807, 2.05) is 30.1 Å². The number of anilines is 1. The number of benzene rings is 1. The summed E-state index contributed by atoms with van der Waals surface area (Å²) in [6.07, 6.45) is 4.29. The van der Waals surface area contributed by atoms with Crippen LogP contribution in [0.25, 0.3) is 0 Å². The molecule has 18 heavy (non-hydrogen) atoms. The second-order valence-electron chi connectivity index (χ2n) is 5.03. The largest absolute Gasteiger partial charge is 0.373 e. The third kappa shape index (κ3) is 2.84. The predicted octanol–water partition coefficient (Wildman–Crippen LogP) is 2.67. The summed E-state index contributed by atoms with van der Waals surface area (Å²) >= 11 is 0. The van der Waals surface area contributed by atoms with Crippen LogP contribution in [0.15, 0.2) is 24.3 Å². The highest BCUT2D eigenvalue weighted by Gasteiger charge is 2.28. The van der Waals surface area contributed by atoms with Crippen molar-refractivity contribution >= 4 is 11.6 Å². The standard InChI is InChI=1S/C15H22N2O/c1-3-4-7-10-17(2)15(18)14-11-12-8-5-6-9-13(12)16-14/h5-6,8-9,14,16H,3-4,7,10-11H2,1-2H3/t14-/m0/s1. The van der Waals surface area contributed by atoms with Crippen molar-refractivity contribution in [3.63, 3.8) is 0 Å². The van der Waals surface area contributed by atoms with Crippen LogP contribution in [0.2, 0.25) is 0 Å². The van der Waals surface area contributed by atoms with Gasteiger partial charge >= 0.3 is 0 Å². The number of carbonyl (C=O) groups excluding carboxylic acids is 1. The van der Waals surface area contributed by atoms with Crippen LogP contribution >= 0.6 is 0 Å². The van der Waals surface area contributed by atoms with Crippen molar-refractivity contribution < 1.29 is 4.79 Å². The van der Waals surface area contributed by atoms with E-state index in [-0.39, 0.29) is 11.9 Å². The van der Waals surface area contributed by atoms with Crippen molar-refractivity contribution in [2.24, 2.45) is 0 Å². The number of rotatable bonds is 5. The Hall–Kier alpha value is -1.51. The van der Waals surface area contributed by atoms with E-state index in [2.05, 4.69) is 18.3 Å². The summed E-state index contributed by atoms with van der Waals surface area (Å²) in [6.45, 7) is 3.04. The van der Waals surface area contributed by atoms with Gasteiger partial charge in [-0.1, -0.05) is 38.0 Å². The number of fused-ring (bicyclic) bond motifs is 1. The first-order valence-corrected chi connectivity index (χ1v) is 6.81. The van der Waals surface area contributed by atoms with Gasteiger partial charge in [-0.25, -0.2) is 0 Å². The Balaban J connectivity index is 1.88. The van der Waals surface area contributed by atoms with Gasteiger partial charge < -0.3 is 10.2 Å². The molecule has 3 nitrogen and oxygen atoms in total. The molecule has 1 N–H and O–H groups in total. The normalized spacial score (nSPS) is 17.1. The average Bonchev–Trinajstić information content (AvgIpc) is 2.81. The fraction of sp³-hybridized carbons (Fsp3) is 0.533. The van der Waals surface area contributed by atoms with Gasteiger partial charge in [-0.15, -0.1) is 0 Å². The van der Waals surface area contributed by atoms with Crippen LogP contribution < -0.4 is 5.32 Å². The summed E-state index contributed by atoms with van der Waals surface area (Å²) in [5, 5.41) is 3.31. The number of nitrogens with zero attached hydrogens (tertiary/aromatic N) is 1. The van der Waals surface area contributed by atoms with Gasteiger partial charge in [0.25, 0.3) is 0 Å². The second kappa shape index (κ2) is 5.89. The van der Waals surface area contributed by atoms with Crippen LogP contribution in [0, 0.1) is 0 Å². The molecule has 3 heteroatoms. The van der Waals surface area contributed by atoms with E-state index in [1.54, 1.807) is 0 Å². The fourth-order valence-electron chi connectivity index (χ4n) is 2.42. The molecule has 1 atom stereocenters. The van der Waals surface area contributed by atoms with Crippen LogP contribution in [0.1, 0.15) is 31.7 Å². The number of hydrogen-bond donors (Lipinski definition) is 1. The maximum absolute atomic E-state index is 12.3. The molecule has 0 bridgehead atoms. The quantitative estimate of drug-likeness (QED) is 0.810. The Morgan fingerprint density at radius 1 is 1.39 bits per heavy atom. The van der Waals surface area contributed by atoms with E-state index in [9.17, 15) is 4.79 Å². The molecule has 1 aliphatic rings. The van der Waals surface area contributed by atoms with Crippen molar-refractivity contribution in [3.8, 4) is 0 Å². The third-order valence-corrected chi connectivity index (χ3v) is 3.54. The first kappa shape index (κ1) is 12.9. The lowest BCUT2D eigenvalue weighted by atomic mass is 10.1. The van der Waals surface area contributed by atoms with E-state index in [0.717, 1.165) is 25.1 Å². The smallest absolute Gasteiger partial charge is 0.245 e. The van der Waals surface area contributed by atoms with Gasteiger partial charge in [0.05, 0.1) is 0 Å². The van der Waals surface area contributed by atoms with Crippen LogP contribution in [0.3, 0.4) is 0 Å². The molecule has 1 aliphatic heterocycles. The Bertz CT molecular complexity index is 392. The van der Waals surface area contributed by atoms with Gasteiger partial charge in [0.2, 0.25) is 5.91 Å². The fourth-order valence-corrected chi connectivity index (χ4v) is 2.42. The summed E-state index contributed by atoms with van der Waals surface area (Å²) in [6, 6.07) is 8.09. The molecule has 0 saturated carbocycles. The monoisotopic (exact) mass is 246 g/mol. The van der Waals surface area contributed by atoms with Gasteiger partial charge in [-0.2, -0.15) is 0 Å². The lowest BCUT2D eigenvalue weighted by Crippen LogP contribution is -2.40. The lowest BCUT2D eigenvalue weighted by Gasteiger charge is -2.21. The van der Waals surface area contributed by atoms with Crippen molar-refractivity contribution in [1.82, 2.24) is 4.90 Å². The Kier molecular flexibility index (Phi) is 4.24. The molecule has 98 valence electrons. The maximum atomic E-state index is 12.3. The number of hydrogen-bond acceptors (Lipinski definition) is 2. The summed E-state index contributed by atoms with van der Waals surface area (Å²) in [7, 11) is 1.91. The molecule has 2 rings (SSSR count). The highest BCUT2D eigenvalue weighted by atomic mass is 16.2. The minimum absolute atomic E-state index is 0.0750. The minimum atomic E-state index is -0.0750. The van der Waals surface area contributed by atoms with E-state index in [1.165, 1.54) is 18.4 Å². The molecule has 0 radical (unpaired) electrons. The third-order valence-electron chi connectivity index (χ3n) is 3.54. The predicted molar refractivity (Wildman–Crippen MR) is 74.7 cm³/mol. The Morgan fingerprint density at radius 3 is 2.89 bits per heavy atom. The number of unbranched alkanes of at least 4 members (excludes halogenated alkanes) is 2. The molecule has 0 spiro atoms. The lowest BCUT2D eigenvalue weighted by molar-refractivity contribution is -0.130. The number of carbonyl (C=O) groups is 1. The van der Waals surface area contributed by atoms with Crippen LogP contribution in [0.4, 0.5) is 5.69 Å². The maximum Gasteiger partial charge on any atom is 0.245 e. The van der Waals surface area contributed by atoms with Crippen molar-refractivity contribution in [2.45, 2.75) is 38.6 Å². The van der Waals surface area contributed by atoms with Gasteiger partial charge in [0.1, 0.15) is 6.04 Å². The zero-order valence-electron chi connectivity index (χ0n) is 11.3. The van der Waals surface area contributed by atoms with E-state index in [4.69, 9.17) is 0 Å². The highest BCUT2D eigenvalue weighted by Crippen LogP contribution is 2.25. The molecule has 0 unspecified atom stereocenters. The number of likely N-dealkylation sites (N-methyl/N-ethyl adjacent to an activating group) is 1. The minimum Gasteiger partial charge on any atom is -0.373 e. The molecule has 1 aromatic rings. The summed E-state index contributed by atoms with van der Waals surface area (Å²) in [5.41, 5.74) is 2.36. The highest BCUT2D eigenvalue weighted by molar-refractivity contribution is 5.87. The summed E-state index contributed by atoms with van der Waals surface area (Å²) < 4.78 is 0. The molecule has 1 amide bonds. The second-order valence-corrected chi connectivity index (χ2v) is 5.03. The van der Waals surface area contributed by atoms with Crippen LogP contribution in [0.5, 0.6) is 0 Å². The van der Waals surface area contributed by atoms with Crippen LogP contribution in [-0.4, -0.2) is 30.4 Å². The molecule has 1 heterocycles. The SMILES string of the molecule is CCCCCN(C)C(=O)[C@@H]1Cc2ccccc2N1.